The lowest BCUT2D eigenvalue weighted by atomic mass is 10.2. The fraction of sp³-hybridized carbons (Fsp3) is 0.571. The van der Waals surface area contributed by atoms with Gasteiger partial charge in [0.25, 0.3) is 0 Å². The lowest BCUT2D eigenvalue weighted by molar-refractivity contribution is 0.214. The van der Waals surface area contributed by atoms with Crippen LogP contribution in [0.3, 0.4) is 0 Å². The molecule has 0 fully saturated rings. The number of rotatable bonds is 6. The topological polar surface area (TPSA) is 21.3 Å². The predicted molar refractivity (Wildman–Crippen MR) is 69.0 cm³/mol. The largest absolute Gasteiger partial charge is 0.489 e. The second-order valence-electron chi connectivity index (χ2n) is 4.75. The van der Waals surface area contributed by atoms with Gasteiger partial charge in [0.2, 0.25) is 0 Å². The van der Waals surface area contributed by atoms with Crippen molar-refractivity contribution in [2.45, 2.75) is 33.8 Å². The van der Waals surface area contributed by atoms with E-state index in [9.17, 15) is 0 Å². The molecule has 1 N–H and O–H groups in total. The number of nitrogens with one attached hydrogen (secondary N) is 1. The van der Waals surface area contributed by atoms with Crippen LogP contribution in [-0.4, -0.2) is 19.2 Å². The second kappa shape index (κ2) is 6.54. The molecule has 0 aromatic heterocycles. The Labute approximate surface area is 99.0 Å². The summed E-state index contributed by atoms with van der Waals surface area (Å²) in [6, 6.07) is 8.14. The van der Waals surface area contributed by atoms with Crippen LogP contribution in [0.15, 0.2) is 24.3 Å². The zero-order valence-corrected chi connectivity index (χ0v) is 10.8. The molecule has 0 saturated heterocycles. The highest BCUT2D eigenvalue weighted by Crippen LogP contribution is 2.17. The third-order valence-electron chi connectivity index (χ3n) is 2.41. The van der Waals surface area contributed by atoms with Crippen LogP contribution in [0, 0.1) is 12.8 Å². The number of aryl methyl sites for hydroxylation is 1. The molecule has 0 amide bonds. The first-order valence-electron chi connectivity index (χ1n) is 6.02. The van der Waals surface area contributed by atoms with E-state index in [0.29, 0.717) is 5.92 Å². The Morgan fingerprint density at radius 2 is 1.81 bits per heavy atom. The van der Waals surface area contributed by atoms with E-state index in [0.717, 1.165) is 18.8 Å². The summed E-state index contributed by atoms with van der Waals surface area (Å²) in [7, 11) is 0. The number of hydrogen-bond acceptors (Lipinski definition) is 2. The highest BCUT2D eigenvalue weighted by molar-refractivity contribution is 5.31. The summed E-state index contributed by atoms with van der Waals surface area (Å²) in [5.74, 6) is 1.67. The molecule has 0 heterocycles. The molecule has 2 nitrogen and oxygen atoms in total. The normalized spacial score (nSPS) is 12.8. The molecule has 1 aromatic carbocycles. The summed E-state index contributed by atoms with van der Waals surface area (Å²) < 4.78 is 5.86. The first kappa shape index (κ1) is 13.0. The molecule has 0 bridgehead atoms. The van der Waals surface area contributed by atoms with E-state index in [2.05, 4.69) is 39.1 Å². The van der Waals surface area contributed by atoms with E-state index in [1.165, 1.54) is 5.56 Å². The summed E-state index contributed by atoms with van der Waals surface area (Å²) in [6.45, 7) is 10.5. The average Bonchev–Trinajstić information content (AvgIpc) is 2.21. The zero-order valence-electron chi connectivity index (χ0n) is 10.8. The molecular formula is C14H23NO. The van der Waals surface area contributed by atoms with E-state index >= 15 is 0 Å². The molecule has 0 spiro atoms. The van der Waals surface area contributed by atoms with Crippen molar-refractivity contribution in [3.8, 4) is 5.75 Å². The van der Waals surface area contributed by atoms with Crippen molar-refractivity contribution >= 4 is 0 Å². The van der Waals surface area contributed by atoms with Crippen molar-refractivity contribution in [1.29, 1.82) is 0 Å². The molecule has 2 heteroatoms. The maximum Gasteiger partial charge on any atom is 0.122 e. The molecule has 0 saturated carbocycles. The average molecular weight is 221 g/mol. The summed E-state index contributed by atoms with van der Waals surface area (Å²) in [4.78, 5) is 0. The Balaban J connectivity index is 2.34. The van der Waals surface area contributed by atoms with Crippen LogP contribution in [0.5, 0.6) is 5.75 Å². The van der Waals surface area contributed by atoms with Crippen LogP contribution in [0.1, 0.15) is 26.3 Å². The molecule has 16 heavy (non-hydrogen) atoms. The van der Waals surface area contributed by atoms with Gasteiger partial charge in [-0.3, -0.25) is 0 Å². The molecule has 1 rings (SSSR count). The fourth-order valence-electron chi connectivity index (χ4n) is 1.52. The Kier molecular flexibility index (Phi) is 5.33. The minimum absolute atomic E-state index is 0.208. The highest BCUT2D eigenvalue weighted by Gasteiger charge is 2.05. The summed E-state index contributed by atoms with van der Waals surface area (Å²) in [5.41, 5.74) is 1.19. The minimum atomic E-state index is 0.208. The van der Waals surface area contributed by atoms with Crippen LogP contribution in [-0.2, 0) is 0 Å². The summed E-state index contributed by atoms with van der Waals surface area (Å²) in [5, 5.41) is 3.40. The molecule has 0 radical (unpaired) electrons. The fourth-order valence-corrected chi connectivity index (χ4v) is 1.52. The minimum Gasteiger partial charge on any atom is -0.489 e. The third kappa shape index (κ3) is 4.67. The maximum absolute atomic E-state index is 5.86. The SMILES string of the molecule is Cc1ccccc1OC(C)CNCC(C)C. The molecule has 0 aliphatic rings. The van der Waals surface area contributed by atoms with Gasteiger partial charge >= 0.3 is 0 Å². The van der Waals surface area contributed by atoms with Crippen molar-refractivity contribution in [3.63, 3.8) is 0 Å². The van der Waals surface area contributed by atoms with Gasteiger partial charge in [-0.1, -0.05) is 32.0 Å². The number of benzene rings is 1. The first-order valence-corrected chi connectivity index (χ1v) is 6.02. The standard InChI is InChI=1S/C14H23NO/c1-11(2)9-15-10-13(4)16-14-8-6-5-7-12(14)3/h5-8,11,13,15H,9-10H2,1-4H3. The predicted octanol–water partition coefficient (Wildman–Crippen LogP) is 3.01. The van der Waals surface area contributed by atoms with E-state index in [-0.39, 0.29) is 6.10 Å². The van der Waals surface area contributed by atoms with Gasteiger partial charge in [0, 0.05) is 6.54 Å². The molecule has 1 unspecified atom stereocenters. The van der Waals surface area contributed by atoms with E-state index in [1.54, 1.807) is 0 Å². The molecular weight excluding hydrogens is 198 g/mol. The van der Waals surface area contributed by atoms with E-state index < -0.39 is 0 Å². The lowest BCUT2D eigenvalue weighted by Gasteiger charge is -2.17. The van der Waals surface area contributed by atoms with Crippen LogP contribution in [0.4, 0.5) is 0 Å². The summed E-state index contributed by atoms with van der Waals surface area (Å²) in [6.07, 6.45) is 0.208. The van der Waals surface area contributed by atoms with Gasteiger partial charge in [-0.25, -0.2) is 0 Å². The van der Waals surface area contributed by atoms with E-state index in [4.69, 9.17) is 4.74 Å². The van der Waals surface area contributed by atoms with Crippen LogP contribution in [0.25, 0.3) is 0 Å². The third-order valence-corrected chi connectivity index (χ3v) is 2.41. The monoisotopic (exact) mass is 221 g/mol. The molecule has 0 aliphatic heterocycles. The first-order chi connectivity index (χ1) is 7.59. The van der Waals surface area contributed by atoms with Crippen LogP contribution >= 0.6 is 0 Å². The van der Waals surface area contributed by atoms with Crippen LogP contribution < -0.4 is 10.1 Å². The number of para-hydroxylation sites is 1. The van der Waals surface area contributed by atoms with Gasteiger partial charge in [-0.05, 0) is 37.9 Å². The van der Waals surface area contributed by atoms with Gasteiger partial charge in [-0.15, -0.1) is 0 Å². The molecule has 90 valence electrons. The lowest BCUT2D eigenvalue weighted by Crippen LogP contribution is -2.31. The highest BCUT2D eigenvalue weighted by atomic mass is 16.5. The number of hydrogen-bond donors (Lipinski definition) is 1. The van der Waals surface area contributed by atoms with Gasteiger partial charge in [0.05, 0.1) is 0 Å². The molecule has 0 aliphatic carbocycles. The number of ether oxygens (including phenoxy) is 1. The Bertz CT molecular complexity index is 309. The van der Waals surface area contributed by atoms with Gasteiger partial charge in [-0.2, -0.15) is 0 Å². The van der Waals surface area contributed by atoms with Gasteiger partial charge in [0.15, 0.2) is 0 Å². The Morgan fingerprint density at radius 3 is 2.44 bits per heavy atom. The van der Waals surface area contributed by atoms with Crippen molar-refractivity contribution in [1.82, 2.24) is 5.32 Å². The summed E-state index contributed by atoms with van der Waals surface area (Å²) >= 11 is 0. The van der Waals surface area contributed by atoms with Gasteiger partial charge in [0.1, 0.15) is 11.9 Å². The quantitative estimate of drug-likeness (QED) is 0.797. The second-order valence-corrected chi connectivity index (χ2v) is 4.75. The maximum atomic E-state index is 5.86. The van der Waals surface area contributed by atoms with Crippen molar-refractivity contribution in [2.75, 3.05) is 13.1 Å². The van der Waals surface area contributed by atoms with Crippen molar-refractivity contribution in [3.05, 3.63) is 29.8 Å². The van der Waals surface area contributed by atoms with Crippen LogP contribution in [0.2, 0.25) is 0 Å². The van der Waals surface area contributed by atoms with E-state index in [1.807, 2.05) is 18.2 Å². The van der Waals surface area contributed by atoms with Gasteiger partial charge < -0.3 is 10.1 Å². The van der Waals surface area contributed by atoms with Crippen molar-refractivity contribution in [2.24, 2.45) is 5.92 Å². The molecule has 1 atom stereocenters. The zero-order chi connectivity index (χ0) is 12.0. The smallest absolute Gasteiger partial charge is 0.122 e. The Hall–Kier alpha value is -1.02. The molecule has 1 aromatic rings. The van der Waals surface area contributed by atoms with Crippen molar-refractivity contribution < 1.29 is 4.74 Å². The Morgan fingerprint density at radius 1 is 1.12 bits per heavy atom.